The van der Waals surface area contributed by atoms with Gasteiger partial charge in [-0.25, -0.2) is 9.18 Å². The summed E-state index contributed by atoms with van der Waals surface area (Å²) in [6.45, 7) is 8.58. The van der Waals surface area contributed by atoms with Crippen molar-refractivity contribution in [2.24, 2.45) is 0 Å². The van der Waals surface area contributed by atoms with Crippen LogP contribution < -0.4 is 10.3 Å². The van der Waals surface area contributed by atoms with Crippen LogP contribution in [0.15, 0.2) is 23.1 Å². The standard InChI is InChI=1S/C22H28FN3O3/c1-3-11-29-22(28)17-14-26(15-5-6-15)19-13-20(18(23)12-16(19)21(17)27)25-9-7-24(4-2)8-10-25/h12-15H,3-11H2,1-2H3. The number of anilines is 1. The van der Waals surface area contributed by atoms with Crippen LogP contribution in [-0.4, -0.2) is 54.8 Å². The zero-order chi connectivity index (χ0) is 20.5. The number of halogens is 1. The second-order valence-corrected chi connectivity index (χ2v) is 7.89. The minimum atomic E-state index is -0.631. The third-order valence-electron chi connectivity index (χ3n) is 5.86. The predicted molar refractivity (Wildman–Crippen MR) is 111 cm³/mol. The van der Waals surface area contributed by atoms with Crippen LogP contribution in [0.2, 0.25) is 0 Å². The lowest BCUT2D eigenvalue weighted by Gasteiger charge is -2.35. The Morgan fingerprint density at radius 1 is 1.17 bits per heavy atom. The van der Waals surface area contributed by atoms with Crippen molar-refractivity contribution in [2.75, 3.05) is 44.2 Å². The van der Waals surface area contributed by atoms with Gasteiger partial charge in [0.1, 0.15) is 11.4 Å². The summed E-state index contributed by atoms with van der Waals surface area (Å²) in [6, 6.07) is 3.33. The summed E-state index contributed by atoms with van der Waals surface area (Å²) in [5.41, 5.74) is 0.753. The summed E-state index contributed by atoms with van der Waals surface area (Å²) in [4.78, 5) is 29.7. The van der Waals surface area contributed by atoms with Gasteiger partial charge in [-0.1, -0.05) is 13.8 Å². The molecule has 1 saturated carbocycles. The van der Waals surface area contributed by atoms with Gasteiger partial charge < -0.3 is 19.1 Å². The van der Waals surface area contributed by atoms with Gasteiger partial charge in [-0.05, 0) is 37.9 Å². The second kappa shape index (κ2) is 8.14. The summed E-state index contributed by atoms with van der Waals surface area (Å²) >= 11 is 0. The third-order valence-corrected chi connectivity index (χ3v) is 5.86. The number of ether oxygens (including phenoxy) is 1. The molecule has 1 aliphatic carbocycles. The van der Waals surface area contributed by atoms with E-state index in [1.54, 1.807) is 12.3 Å². The Morgan fingerprint density at radius 2 is 1.90 bits per heavy atom. The first kappa shape index (κ1) is 19.9. The highest BCUT2D eigenvalue weighted by Gasteiger charge is 2.28. The SMILES string of the molecule is CCCOC(=O)c1cn(C2CC2)c2cc(N3CCN(CC)CC3)c(F)cc2c1=O. The second-order valence-electron chi connectivity index (χ2n) is 7.89. The highest BCUT2D eigenvalue weighted by Crippen LogP contribution is 2.38. The molecule has 0 amide bonds. The minimum absolute atomic E-state index is 0.0124. The van der Waals surface area contributed by atoms with Gasteiger partial charge in [0.15, 0.2) is 0 Å². The van der Waals surface area contributed by atoms with E-state index in [2.05, 4.69) is 11.8 Å². The molecule has 2 fully saturated rings. The number of esters is 1. The number of fused-ring (bicyclic) bond motifs is 1. The Morgan fingerprint density at radius 3 is 2.52 bits per heavy atom. The molecule has 0 bridgehead atoms. The van der Waals surface area contributed by atoms with Gasteiger partial charge in [0.2, 0.25) is 5.43 Å². The lowest BCUT2D eigenvalue weighted by atomic mass is 10.1. The number of nitrogens with zero attached hydrogens (tertiary/aromatic N) is 3. The summed E-state index contributed by atoms with van der Waals surface area (Å²) < 4.78 is 22.2. The zero-order valence-electron chi connectivity index (χ0n) is 17.1. The average Bonchev–Trinajstić information content (AvgIpc) is 3.57. The summed E-state index contributed by atoms with van der Waals surface area (Å²) in [5, 5.41) is 0.247. The highest BCUT2D eigenvalue weighted by molar-refractivity contribution is 5.94. The lowest BCUT2D eigenvalue weighted by Crippen LogP contribution is -2.46. The van der Waals surface area contributed by atoms with Crippen molar-refractivity contribution < 1.29 is 13.9 Å². The number of benzene rings is 1. The maximum atomic E-state index is 15.0. The molecule has 7 heteroatoms. The molecule has 0 unspecified atom stereocenters. The van der Waals surface area contributed by atoms with Crippen molar-refractivity contribution in [1.29, 1.82) is 0 Å². The monoisotopic (exact) mass is 401 g/mol. The lowest BCUT2D eigenvalue weighted by molar-refractivity contribution is 0.0503. The van der Waals surface area contributed by atoms with E-state index in [4.69, 9.17) is 4.74 Å². The van der Waals surface area contributed by atoms with Gasteiger partial charge in [0, 0.05) is 43.8 Å². The molecule has 0 atom stereocenters. The van der Waals surface area contributed by atoms with Crippen LogP contribution in [0, 0.1) is 5.82 Å². The van der Waals surface area contributed by atoms with E-state index < -0.39 is 17.2 Å². The number of hydrogen-bond acceptors (Lipinski definition) is 5. The van der Waals surface area contributed by atoms with Gasteiger partial charge in [-0.3, -0.25) is 4.79 Å². The predicted octanol–water partition coefficient (Wildman–Crippen LogP) is 3.18. The molecule has 6 nitrogen and oxygen atoms in total. The zero-order valence-corrected chi connectivity index (χ0v) is 17.1. The Balaban J connectivity index is 1.77. The van der Waals surface area contributed by atoms with Crippen LogP contribution in [-0.2, 0) is 4.74 Å². The van der Waals surface area contributed by atoms with Crippen molar-refractivity contribution >= 4 is 22.6 Å². The van der Waals surface area contributed by atoms with Crippen molar-refractivity contribution in [1.82, 2.24) is 9.47 Å². The minimum Gasteiger partial charge on any atom is -0.462 e. The van der Waals surface area contributed by atoms with E-state index >= 15 is 4.39 Å². The quantitative estimate of drug-likeness (QED) is 0.696. The molecule has 1 aromatic heterocycles. The number of hydrogen-bond donors (Lipinski definition) is 0. The van der Waals surface area contributed by atoms with Crippen LogP contribution in [0.1, 0.15) is 49.5 Å². The molecule has 0 N–H and O–H groups in total. The third kappa shape index (κ3) is 3.88. The van der Waals surface area contributed by atoms with Crippen LogP contribution in [0.4, 0.5) is 10.1 Å². The number of rotatable bonds is 6. The van der Waals surface area contributed by atoms with Crippen molar-refractivity contribution in [3.63, 3.8) is 0 Å². The number of carbonyl (C=O) groups is 1. The number of piperazine rings is 1. The van der Waals surface area contributed by atoms with E-state index in [-0.39, 0.29) is 23.6 Å². The smallest absolute Gasteiger partial charge is 0.343 e. The van der Waals surface area contributed by atoms with Gasteiger partial charge in [-0.2, -0.15) is 0 Å². The molecular formula is C22H28FN3O3. The molecule has 2 heterocycles. The topological polar surface area (TPSA) is 54.8 Å². The number of carbonyl (C=O) groups excluding carboxylic acids is 1. The van der Waals surface area contributed by atoms with E-state index in [0.29, 0.717) is 17.6 Å². The van der Waals surface area contributed by atoms with Crippen LogP contribution in [0.3, 0.4) is 0 Å². The fraction of sp³-hybridized carbons (Fsp3) is 0.545. The number of pyridine rings is 1. The first-order valence-corrected chi connectivity index (χ1v) is 10.6. The maximum absolute atomic E-state index is 15.0. The molecule has 4 rings (SSSR count). The normalized spacial score (nSPS) is 17.7. The van der Waals surface area contributed by atoms with Crippen molar-refractivity contribution in [3.8, 4) is 0 Å². The van der Waals surface area contributed by atoms with Gasteiger partial charge in [0.25, 0.3) is 0 Å². The maximum Gasteiger partial charge on any atom is 0.343 e. The van der Waals surface area contributed by atoms with E-state index in [1.807, 2.05) is 16.4 Å². The van der Waals surface area contributed by atoms with Crippen molar-refractivity contribution in [3.05, 3.63) is 39.9 Å². The van der Waals surface area contributed by atoms with Crippen LogP contribution >= 0.6 is 0 Å². The van der Waals surface area contributed by atoms with Crippen molar-refractivity contribution in [2.45, 2.75) is 39.2 Å². The molecule has 1 saturated heterocycles. The number of aromatic nitrogens is 1. The molecule has 0 radical (unpaired) electrons. The molecular weight excluding hydrogens is 373 g/mol. The average molecular weight is 401 g/mol. The van der Waals surface area contributed by atoms with E-state index in [0.717, 1.165) is 45.6 Å². The fourth-order valence-electron chi connectivity index (χ4n) is 3.98. The summed E-state index contributed by atoms with van der Waals surface area (Å²) in [6.07, 6.45) is 4.27. The fourth-order valence-corrected chi connectivity index (χ4v) is 3.98. The van der Waals surface area contributed by atoms with Crippen LogP contribution in [0.25, 0.3) is 10.9 Å². The Hall–Kier alpha value is -2.41. The molecule has 1 aliphatic heterocycles. The van der Waals surface area contributed by atoms with Gasteiger partial charge >= 0.3 is 5.97 Å². The molecule has 156 valence electrons. The Kier molecular flexibility index (Phi) is 5.58. The highest BCUT2D eigenvalue weighted by atomic mass is 19.1. The molecule has 1 aromatic carbocycles. The molecule has 29 heavy (non-hydrogen) atoms. The molecule has 2 aromatic rings. The first-order valence-electron chi connectivity index (χ1n) is 10.6. The largest absolute Gasteiger partial charge is 0.462 e. The van der Waals surface area contributed by atoms with Gasteiger partial charge in [-0.15, -0.1) is 0 Å². The summed E-state index contributed by atoms with van der Waals surface area (Å²) in [5.74, 6) is -1.05. The molecule has 2 aliphatic rings. The van der Waals surface area contributed by atoms with E-state index in [9.17, 15) is 9.59 Å². The Labute approximate surface area is 169 Å². The summed E-state index contributed by atoms with van der Waals surface area (Å²) in [7, 11) is 0. The molecule has 0 spiro atoms. The van der Waals surface area contributed by atoms with Crippen LogP contribution in [0.5, 0.6) is 0 Å². The first-order chi connectivity index (χ1) is 14.0. The van der Waals surface area contributed by atoms with Gasteiger partial charge in [0.05, 0.1) is 17.8 Å². The Bertz CT molecular complexity index is 975. The number of likely N-dealkylation sites (N-methyl/N-ethyl adjacent to an activating group) is 1. The van der Waals surface area contributed by atoms with E-state index in [1.165, 1.54) is 6.07 Å².